The zero-order valence-electron chi connectivity index (χ0n) is 15.4. The van der Waals surface area contributed by atoms with E-state index in [0.717, 1.165) is 49.0 Å². The highest BCUT2D eigenvalue weighted by atomic mass is 32.2. The number of anilines is 1. The molecule has 2 aromatic carbocycles. The number of aryl methyl sites for hydroxylation is 2. The van der Waals surface area contributed by atoms with Gasteiger partial charge in [0.2, 0.25) is 15.9 Å². The van der Waals surface area contributed by atoms with Crippen LogP contribution in [0.3, 0.4) is 0 Å². The van der Waals surface area contributed by atoms with Crippen LogP contribution in [0.25, 0.3) is 0 Å². The van der Waals surface area contributed by atoms with Crippen LogP contribution in [0.2, 0.25) is 0 Å². The van der Waals surface area contributed by atoms with Gasteiger partial charge in [-0.25, -0.2) is 13.1 Å². The lowest BCUT2D eigenvalue weighted by Crippen LogP contribution is -2.33. The Morgan fingerprint density at radius 3 is 2.67 bits per heavy atom. The number of amides is 1. The second-order valence-corrected chi connectivity index (χ2v) is 9.18. The third kappa shape index (κ3) is 3.64. The summed E-state index contributed by atoms with van der Waals surface area (Å²) in [5, 5.41) is 0. The molecule has 2 aliphatic rings. The van der Waals surface area contributed by atoms with Crippen molar-refractivity contribution < 1.29 is 13.2 Å². The topological polar surface area (TPSA) is 66.5 Å². The van der Waals surface area contributed by atoms with Gasteiger partial charge in [-0.1, -0.05) is 30.3 Å². The Balaban J connectivity index is 1.51. The first-order chi connectivity index (χ1) is 12.9. The molecule has 0 spiro atoms. The van der Waals surface area contributed by atoms with E-state index in [-0.39, 0.29) is 16.8 Å². The maximum atomic E-state index is 12.9. The van der Waals surface area contributed by atoms with Gasteiger partial charge in [0, 0.05) is 12.6 Å². The number of carbonyl (C=O) groups excluding carboxylic acids is 1. The Bertz CT molecular complexity index is 970. The summed E-state index contributed by atoms with van der Waals surface area (Å²) in [6.45, 7) is 2.63. The molecule has 5 nitrogen and oxygen atoms in total. The molecule has 0 saturated carbocycles. The van der Waals surface area contributed by atoms with Gasteiger partial charge in [-0.15, -0.1) is 0 Å². The van der Waals surface area contributed by atoms with Crippen molar-refractivity contribution in [1.82, 2.24) is 4.72 Å². The number of benzene rings is 2. The maximum absolute atomic E-state index is 12.9. The monoisotopic (exact) mass is 384 g/mol. The molecule has 0 bridgehead atoms. The van der Waals surface area contributed by atoms with Gasteiger partial charge in [0.25, 0.3) is 0 Å². The standard InChI is InChI=1S/C21H24N2O3S/c1-15(9-10-16-6-3-2-4-7-16)22-27(25,26)19-12-17-8-5-11-23-20(24)14-18(13-19)21(17)23/h2-4,6-7,12-13,15,22H,5,8-11,14H2,1H3. The van der Waals surface area contributed by atoms with Crippen LogP contribution in [0.5, 0.6) is 0 Å². The van der Waals surface area contributed by atoms with Crippen LogP contribution in [0.1, 0.15) is 36.5 Å². The number of sulfonamides is 1. The fourth-order valence-corrected chi connectivity index (χ4v) is 5.40. The smallest absolute Gasteiger partial charge is 0.240 e. The maximum Gasteiger partial charge on any atom is 0.240 e. The first-order valence-electron chi connectivity index (χ1n) is 9.46. The molecule has 0 fully saturated rings. The fourth-order valence-electron chi connectivity index (χ4n) is 4.02. The summed E-state index contributed by atoms with van der Waals surface area (Å²) < 4.78 is 28.6. The largest absolute Gasteiger partial charge is 0.312 e. The van der Waals surface area contributed by atoms with Gasteiger partial charge in [-0.2, -0.15) is 0 Å². The summed E-state index contributed by atoms with van der Waals surface area (Å²) in [7, 11) is -3.61. The molecular formula is C21H24N2O3S. The van der Waals surface area contributed by atoms with Crippen molar-refractivity contribution in [3.63, 3.8) is 0 Å². The number of carbonyl (C=O) groups is 1. The molecule has 6 heteroatoms. The average Bonchev–Trinajstić information content (AvgIpc) is 2.98. The molecule has 0 aliphatic carbocycles. The quantitative estimate of drug-likeness (QED) is 0.833. The molecule has 0 radical (unpaired) electrons. The van der Waals surface area contributed by atoms with Crippen LogP contribution in [0.15, 0.2) is 47.4 Å². The minimum Gasteiger partial charge on any atom is -0.312 e. The average molecular weight is 385 g/mol. The van der Waals surface area contributed by atoms with E-state index in [1.807, 2.05) is 25.1 Å². The van der Waals surface area contributed by atoms with Crippen molar-refractivity contribution in [3.8, 4) is 0 Å². The molecular weight excluding hydrogens is 360 g/mol. The Morgan fingerprint density at radius 2 is 1.89 bits per heavy atom. The molecule has 142 valence electrons. The van der Waals surface area contributed by atoms with E-state index in [4.69, 9.17) is 0 Å². The molecule has 2 aromatic rings. The number of rotatable bonds is 6. The van der Waals surface area contributed by atoms with Gasteiger partial charge in [0.1, 0.15) is 0 Å². The molecule has 0 aromatic heterocycles. The highest BCUT2D eigenvalue weighted by molar-refractivity contribution is 7.89. The minimum absolute atomic E-state index is 0.0738. The number of hydrogen-bond donors (Lipinski definition) is 1. The van der Waals surface area contributed by atoms with E-state index >= 15 is 0 Å². The number of hydrogen-bond acceptors (Lipinski definition) is 3. The van der Waals surface area contributed by atoms with E-state index in [1.54, 1.807) is 17.0 Å². The van der Waals surface area contributed by atoms with Gasteiger partial charge >= 0.3 is 0 Å². The molecule has 1 amide bonds. The molecule has 2 aliphatic heterocycles. The van der Waals surface area contributed by atoms with Crippen molar-refractivity contribution in [3.05, 3.63) is 59.2 Å². The van der Waals surface area contributed by atoms with Crippen molar-refractivity contribution in [2.24, 2.45) is 0 Å². The van der Waals surface area contributed by atoms with Gasteiger partial charge in [0.15, 0.2) is 0 Å². The van der Waals surface area contributed by atoms with Crippen LogP contribution in [-0.2, 0) is 34.1 Å². The van der Waals surface area contributed by atoms with E-state index < -0.39 is 10.0 Å². The van der Waals surface area contributed by atoms with Gasteiger partial charge in [-0.3, -0.25) is 4.79 Å². The van der Waals surface area contributed by atoms with E-state index in [9.17, 15) is 13.2 Å². The van der Waals surface area contributed by atoms with Gasteiger partial charge < -0.3 is 4.90 Å². The first kappa shape index (κ1) is 18.2. The van der Waals surface area contributed by atoms with Crippen LogP contribution in [-0.4, -0.2) is 26.9 Å². The van der Waals surface area contributed by atoms with Gasteiger partial charge in [0.05, 0.1) is 17.0 Å². The zero-order valence-corrected chi connectivity index (χ0v) is 16.3. The Morgan fingerprint density at radius 1 is 1.15 bits per heavy atom. The molecule has 4 rings (SSSR count). The lowest BCUT2D eigenvalue weighted by atomic mass is 10.0. The van der Waals surface area contributed by atoms with E-state index in [1.165, 1.54) is 5.56 Å². The zero-order chi connectivity index (χ0) is 19.0. The molecule has 27 heavy (non-hydrogen) atoms. The summed E-state index contributed by atoms with van der Waals surface area (Å²) >= 11 is 0. The van der Waals surface area contributed by atoms with E-state index in [2.05, 4.69) is 16.9 Å². The van der Waals surface area contributed by atoms with Crippen molar-refractivity contribution in [2.45, 2.75) is 50.0 Å². The van der Waals surface area contributed by atoms with Crippen LogP contribution in [0, 0.1) is 0 Å². The number of nitrogens with one attached hydrogen (secondary N) is 1. The SMILES string of the molecule is CC(CCc1ccccc1)NS(=O)(=O)c1cc2c3c(c1)CC(=O)N3CCC2. The third-order valence-corrected chi connectivity index (χ3v) is 6.93. The van der Waals surface area contributed by atoms with Crippen molar-refractivity contribution in [1.29, 1.82) is 0 Å². The minimum atomic E-state index is -3.61. The highest BCUT2D eigenvalue weighted by Gasteiger charge is 2.33. The van der Waals surface area contributed by atoms with Crippen molar-refractivity contribution in [2.75, 3.05) is 11.4 Å². The molecule has 2 heterocycles. The van der Waals surface area contributed by atoms with Crippen LogP contribution >= 0.6 is 0 Å². The normalized spacial score (nSPS) is 17.1. The van der Waals surface area contributed by atoms with Crippen LogP contribution < -0.4 is 9.62 Å². The third-order valence-electron chi connectivity index (χ3n) is 5.36. The Hall–Kier alpha value is -2.18. The second-order valence-electron chi connectivity index (χ2n) is 7.46. The summed E-state index contributed by atoms with van der Waals surface area (Å²) in [6.07, 6.45) is 3.55. The van der Waals surface area contributed by atoms with Crippen molar-refractivity contribution >= 4 is 21.6 Å². The summed E-state index contributed by atoms with van der Waals surface area (Å²) in [5.41, 5.74) is 3.96. The Kier molecular flexibility index (Phi) is 4.78. The summed E-state index contributed by atoms with van der Waals surface area (Å²) in [6, 6.07) is 13.3. The molecule has 1 N–H and O–H groups in total. The predicted octanol–water partition coefficient (Wildman–Crippen LogP) is 2.82. The van der Waals surface area contributed by atoms with E-state index in [0.29, 0.717) is 6.42 Å². The van der Waals surface area contributed by atoms with Gasteiger partial charge in [-0.05, 0) is 61.4 Å². The lowest BCUT2D eigenvalue weighted by molar-refractivity contribution is -0.117. The molecule has 0 saturated heterocycles. The summed E-state index contributed by atoms with van der Waals surface area (Å²) in [4.78, 5) is 14.3. The summed E-state index contributed by atoms with van der Waals surface area (Å²) in [5.74, 6) is 0.0738. The fraction of sp³-hybridized carbons (Fsp3) is 0.381. The molecule has 1 atom stereocenters. The predicted molar refractivity (Wildman–Crippen MR) is 105 cm³/mol. The van der Waals surface area contributed by atoms with Crippen LogP contribution in [0.4, 0.5) is 5.69 Å². The Labute approximate surface area is 160 Å². The first-order valence-corrected chi connectivity index (χ1v) is 10.9. The molecule has 1 unspecified atom stereocenters. The highest BCUT2D eigenvalue weighted by Crippen LogP contribution is 2.38. The number of nitrogens with zero attached hydrogens (tertiary/aromatic N) is 1. The lowest BCUT2D eigenvalue weighted by Gasteiger charge is -2.26. The second kappa shape index (κ2) is 7.09.